The van der Waals surface area contributed by atoms with Crippen molar-refractivity contribution >= 4 is 17.4 Å². The molecule has 0 atom stereocenters. The van der Waals surface area contributed by atoms with Crippen molar-refractivity contribution in [1.82, 2.24) is 14.7 Å². The second-order valence-electron chi connectivity index (χ2n) is 7.69. The molecule has 1 fully saturated rings. The van der Waals surface area contributed by atoms with Crippen LogP contribution >= 0.6 is 0 Å². The maximum atomic E-state index is 13.1. The van der Waals surface area contributed by atoms with E-state index in [4.69, 9.17) is 0 Å². The summed E-state index contributed by atoms with van der Waals surface area (Å²) in [4.78, 5) is 31.9. The van der Waals surface area contributed by atoms with E-state index in [-0.39, 0.29) is 11.8 Å². The number of piperazine rings is 1. The number of carbonyl (C=O) groups excluding carboxylic acids is 2. The topological polar surface area (TPSA) is 43.9 Å². The van der Waals surface area contributed by atoms with Crippen LogP contribution in [0.3, 0.4) is 0 Å². The van der Waals surface area contributed by atoms with Gasteiger partial charge < -0.3 is 4.90 Å². The van der Waals surface area contributed by atoms with Crippen molar-refractivity contribution in [3.8, 4) is 0 Å². The van der Waals surface area contributed by atoms with Crippen LogP contribution in [0.4, 0.5) is 0 Å². The monoisotopic (exact) mass is 389 g/mol. The number of hydrogen-bond acceptors (Lipinski definition) is 4. The Morgan fingerprint density at radius 1 is 0.828 bits per heavy atom. The first-order chi connectivity index (χ1) is 14.1. The van der Waals surface area contributed by atoms with Crippen LogP contribution in [0.25, 0.3) is 5.57 Å². The second-order valence-corrected chi connectivity index (χ2v) is 7.69. The lowest BCUT2D eigenvalue weighted by molar-refractivity contribution is -0.137. The predicted molar refractivity (Wildman–Crippen MR) is 114 cm³/mol. The Morgan fingerprint density at radius 3 is 2.10 bits per heavy atom. The van der Waals surface area contributed by atoms with E-state index in [1.54, 1.807) is 0 Å². The molecule has 0 aliphatic carbocycles. The van der Waals surface area contributed by atoms with Crippen molar-refractivity contribution in [2.24, 2.45) is 0 Å². The summed E-state index contributed by atoms with van der Waals surface area (Å²) < 4.78 is 0. The quantitative estimate of drug-likeness (QED) is 0.738. The molecule has 5 nitrogen and oxygen atoms in total. The minimum atomic E-state index is -0.178. The van der Waals surface area contributed by atoms with Gasteiger partial charge in [0.25, 0.3) is 11.8 Å². The highest BCUT2D eigenvalue weighted by atomic mass is 16.2. The zero-order chi connectivity index (χ0) is 20.4. The molecule has 5 heteroatoms. The Labute approximate surface area is 172 Å². The normalized spacial score (nSPS) is 18.1. The van der Waals surface area contributed by atoms with E-state index in [9.17, 15) is 9.59 Å². The molecular formula is C24H27N3O2. The van der Waals surface area contributed by atoms with Gasteiger partial charge in [-0.25, -0.2) is 0 Å². The van der Waals surface area contributed by atoms with Crippen molar-refractivity contribution in [2.45, 2.75) is 20.4 Å². The number of amides is 2. The first-order valence-corrected chi connectivity index (χ1v) is 10.3. The highest BCUT2D eigenvalue weighted by Gasteiger charge is 2.41. The van der Waals surface area contributed by atoms with Crippen molar-refractivity contribution in [1.29, 1.82) is 0 Å². The predicted octanol–water partition coefficient (Wildman–Crippen LogP) is 2.91. The van der Waals surface area contributed by atoms with E-state index in [0.29, 0.717) is 17.8 Å². The van der Waals surface area contributed by atoms with E-state index < -0.39 is 0 Å². The zero-order valence-corrected chi connectivity index (χ0v) is 17.1. The van der Waals surface area contributed by atoms with Crippen LogP contribution in [0.1, 0.15) is 23.6 Å². The second kappa shape index (κ2) is 8.21. The number of hydrogen-bond donors (Lipinski definition) is 0. The fourth-order valence-corrected chi connectivity index (χ4v) is 4.10. The Balaban J connectivity index is 1.57. The zero-order valence-electron chi connectivity index (χ0n) is 17.1. The molecule has 0 aromatic heterocycles. The molecule has 2 aromatic carbocycles. The van der Waals surface area contributed by atoms with Gasteiger partial charge in [-0.15, -0.1) is 0 Å². The van der Waals surface area contributed by atoms with Crippen molar-refractivity contribution in [3.05, 3.63) is 77.0 Å². The first-order valence-electron chi connectivity index (χ1n) is 10.3. The fraction of sp³-hybridized carbons (Fsp3) is 0.333. The SMILES string of the molecule is CCN1C(=O)C(c2ccc(C)cc2)=C(N2CCN(Cc3ccccc3)CC2)C1=O. The number of imide groups is 1. The summed E-state index contributed by atoms with van der Waals surface area (Å²) in [6.45, 7) is 8.40. The molecule has 0 N–H and O–H groups in total. The summed E-state index contributed by atoms with van der Waals surface area (Å²) in [5.74, 6) is -0.340. The van der Waals surface area contributed by atoms with Crippen LogP contribution in [-0.2, 0) is 16.1 Å². The van der Waals surface area contributed by atoms with E-state index in [1.807, 2.05) is 44.2 Å². The Hall–Kier alpha value is -2.92. The summed E-state index contributed by atoms with van der Waals surface area (Å²) in [6, 6.07) is 18.3. The standard InChI is InChI=1S/C24H27N3O2/c1-3-27-23(28)21(20-11-9-18(2)10-12-20)22(24(27)29)26-15-13-25(14-16-26)17-19-7-5-4-6-8-19/h4-12H,3,13-17H2,1-2H3. The highest BCUT2D eigenvalue weighted by molar-refractivity contribution is 6.35. The van der Waals surface area contributed by atoms with E-state index >= 15 is 0 Å². The molecule has 0 radical (unpaired) electrons. The van der Waals surface area contributed by atoms with Gasteiger partial charge in [0.1, 0.15) is 5.70 Å². The van der Waals surface area contributed by atoms with Crippen LogP contribution in [0.15, 0.2) is 60.3 Å². The Morgan fingerprint density at radius 2 is 1.48 bits per heavy atom. The fourth-order valence-electron chi connectivity index (χ4n) is 4.10. The number of aryl methyl sites for hydroxylation is 1. The number of nitrogens with zero attached hydrogens (tertiary/aromatic N) is 3. The Bertz CT molecular complexity index is 926. The average Bonchev–Trinajstić information content (AvgIpc) is 2.99. The molecule has 2 amide bonds. The van der Waals surface area contributed by atoms with Crippen molar-refractivity contribution in [3.63, 3.8) is 0 Å². The maximum Gasteiger partial charge on any atom is 0.277 e. The van der Waals surface area contributed by atoms with Gasteiger partial charge >= 0.3 is 0 Å². The minimum Gasteiger partial charge on any atom is -0.364 e. The summed E-state index contributed by atoms with van der Waals surface area (Å²) in [5.41, 5.74) is 4.37. The van der Waals surface area contributed by atoms with Crippen molar-refractivity contribution in [2.75, 3.05) is 32.7 Å². The third-order valence-electron chi connectivity index (χ3n) is 5.74. The highest BCUT2D eigenvalue weighted by Crippen LogP contribution is 2.32. The van der Waals surface area contributed by atoms with Gasteiger partial charge in [0.2, 0.25) is 0 Å². The molecule has 2 aromatic rings. The lowest BCUT2D eigenvalue weighted by atomic mass is 10.0. The third kappa shape index (κ3) is 3.83. The smallest absolute Gasteiger partial charge is 0.277 e. The molecular weight excluding hydrogens is 362 g/mol. The molecule has 1 saturated heterocycles. The minimum absolute atomic E-state index is 0.162. The average molecular weight is 389 g/mol. The molecule has 2 heterocycles. The number of benzene rings is 2. The molecule has 0 spiro atoms. The van der Waals surface area contributed by atoms with Gasteiger partial charge in [-0.3, -0.25) is 19.4 Å². The van der Waals surface area contributed by atoms with Crippen LogP contribution < -0.4 is 0 Å². The number of likely N-dealkylation sites (N-methyl/N-ethyl adjacent to an activating group) is 1. The van der Waals surface area contributed by atoms with E-state index in [1.165, 1.54) is 10.5 Å². The summed E-state index contributed by atoms with van der Waals surface area (Å²) in [6.07, 6.45) is 0. The number of carbonyl (C=O) groups is 2. The molecule has 0 saturated carbocycles. The molecule has 29 heavy (non-hydrogen) atoms. The Kier molecular flexibility index (Phi) is 5.49. The molecule has 0 unspecified atom stereocenters. The van der Waals surface area contributed by atoms with Gasteiger partial charge in [0, 0.05) is 39.3 Å². The molecule has 2 aliphatic heterocycles. The lowest BCUT2D eigenvalue weighted by Gasteiger charge is -2.36. The third-order valence-corrected chi connectivity index (χ3v) is 5.74. The largest absolute Gasteiger partial charge is 0.364 e. The van der Waals surface area contributed by atoms with Gasteiger partial charge in [-0.05, 0) is 25.0 Å². The summed E-state index contributed by atoms with van der Waals surface area (Å²) >= 11 is 0. The van der Waals surface area contributed by atoms with Crippen LogP contribution in [-0.4, -0.2) is 59.2 Å². The van der Waals surface area contributed by atoms with Crippen LogP contribution in [0, 0.1) is 6.92 Å². The van der Waals surface area contributed by atoms with Gasteiger partial charge in [-0.2, -0.15) is 0 Å². The van der Waals surface area contributed by atoms with E-state index in [2.05, 4.69) is 34.1 Å². The lowest BCUT2D eigenvalue weighted by Crippen LogP contribution is -2.47. The van der Waals surface area contributed by atoms with Crippen molar-refractivity contribution < 1.29 is 9.59 Å². The molecule has 2 aliphatic rings. The summed E-state index contributed by atoms with van der Waals surface area (Å²) in [7, 11) is 0. The maximum absolute atomic E-state index is 13.1. The molecule has 4 rings (SSSR count). The van der Waals surface area contributed by atoms with Gasteiger partial charge in [0.05, 0.1) is 5.57 Å². The van der Waals surface area contributed by atoms with E-state index in [0.717, 1.165) is 43.9 Å². The van der Waals surface area contributed by atoms with Crippen LogP contribution in [0.2, 0.25) is 0 Å². The van der Waals surface area contributed by atoms with Crippen LogP contribution in [0.5, 0.6) is 0 Å². The first kappa shape index (κ1) is 19.4. The summed E-state index contributed by atoms with van der Waals surface area (Å²) in [5, 5.41) is 0. The van der Waals surface area contributed by atoms with Gasteiger partial charge in [0.15, 0.2) is 0 Å². The molecule has 0 bridgehead atoms. The number of rotatable bonds is 5. The van der Waals surface area contributed by atoms with Gasteiger partial charge in [-0.1, -0.05) is 60.2 Å². The molecule has 150 valence electrons.